The van der Waals surface area contributed by atoms with Gasteiger partial charge in [-0.05, 0) is 56.1 Å². The smallest absolute Gasteiger partial charge is 0.322 e. The number of ether oxygens (including phenoxy) is 1. The lowest BCUT2D eigenvalue weighted by Crippen LogP contribution is -2.29. The topological polar surface area (TPSA) is 122 Å². The lowest BCUT2D eigenvalue weighted by Gasteiger charge is -2.15. The number of sulfonamides is 1. The first-order chi connectivity index (χ1) is 13.9. The number of aliphatic carboxylic acids is 1. The molecular weight excluding hydrogens is 591 g/mol. The van der Waals surface area contributed by atoms with Crippen molar-refractivity contribution in [2.24, 2.45) is 0 Å². The summed E-state index contributed by atoms with van der Waals surface area (Å²) in [6.07, 6.45) is 0.989. The maximum absolute atomic E-state index is 12.0. The van der Waals surface area contributed by atoms with Crippen molar-refractivity contribution in [2.75, 3.05) is 17.5 Å². The molecule has 0 saturated heterocycles. The minimum absolute atomic E-state index is 0.0560. The van der Waals surface area contributed by atoms with Crippen LogP contribution in [-0.2, 0) is 21.4 Å². The monoisotopic (exact) mass is 602 g/mol. The Kier molecular flexibility index (Phi) is 8.40. The van der Waals surface area contributed by atoms with E-state index in [2.05, 4.69) is 41.9 Å². The maximum Gasteiger partial charge on any atom is 0.322 e. The highest BCUT2D eigenvalue weighted by molar-refractivity contribution is 9.11. The van der Waals surface area contributed by atoms with Crippen molar-refractivity contribution >= 4 is 82.6 Å². The molecule has 0 aliphatic heterocycles. The lowest BCUT2D eigenvalue weighted by molar-refractivity contribution is -0.135. The zero-order valence-electron chi connectivity index (χ0n) is 15.1. The lowest BCUT2D eigenvalue weighted by atomic mass is 10.2. The van der Waals surface area contributed by atoms with Crippen molar-refractivity contribution in [1.29, 1.82) is 0 Å². The molecule has 0 fully saturated rings. The van der Waals surface area contributed by atoms with Crippen molar-refractivity contribution < 1.29 is 27.9 Å². The van der Waals surface area contributed by atoms with Gasteiger partial charge in [-0.15, -0.1) is 0 Å². The van der Waals surface area contributed by atoms with Gasteiger partial charge in [0.2, 0.25) is 10.0 Å². The zero-order valence-corrected chi connectivity index (χ0v) is 20.6. The Morgan fingerprint density at radius 3 is 2.27 bits per heavy atom. The van der Waals surface area contributed by atoms with Crippen LogP contribution in [0.4, 0.5) is 5.69 Å². The summed E-state index contributed by atoms with van der Waals surface area (Å²) in [6, 6.07) is 5.85. The van der Waals surface area contributed by atoms with Crippen molar-refractivity contribution in [1.82, 2.24) is 5.32 Å². The van der Waals surface area contributed by atoms with Gasteiger partial charge in [-0.2, -0.15) is 0 Å². The number of carbonyl (C=O) groups is 2. The third kappa shape index (κ3) is 7.02. The Hall–Kier alpha value is -1.53. The number of amides is 1. The third-order valence-corrected chi connectivity index (χ3v) is 5.87. The number of hydrogen-bond donors (Lipinski definition) is 3. The van der Waals surface area contributed by atoms with E-state index < -0.39 is 28.4 Å². The number of benzene rings is 2. The summed E-state index contributed by atoms with van der Waals surface area (Å²) in [5, 5.41) is 11.3. The summed E-state index contributed by atoms with van der Waals surface area (Å²) >= 11 is 18.9. The molecule has 30 heavy (non-hydrogen) atoms. The van der Waals surface area contributed by atoms with E-state index in [1.165, 1.54) is 24.3 Å². The summed E-state index contributed by atoms with van der Waals surface area (Å²) in [7, 11) is -3.56. The average Bonchev–Trinajstić information content (AvgIpc) is 2.61. The average molecular weight is 605 g/mol. The molecule has 8 nitrogen and oxygen atoms in total. The molecule has 0 saturated carbocycles. The molecule has 0 bridgehead atoms. The number of halogens is 4. The summed E-state index contributed by atoms with van der Waals surface area (Å²) in [5.41, 5.74) is 0.758. The van der Waals surface area contributed by atoms with Crippen LogP contribution in [0.3, 0.4) is 0 Å². The number of nitrogens with one attached hydrogen (secondary N) is 2. The Morgan fingerprint density at radius 1 is 1.13 bits per heavy atom. The van der Waals surface area contributed by atoms with E-state index in [0.717, 1.165) is 6.26 Å². The van der Waals surface area contributed by atoms with Crippen LogP contribution in [0.15, 0.2) is 33.2 Å². The SMILES string of the molecule is CS(=O)(=O)Nc1cc(Cl)cc(COc2c(Br)cc(C(=O)NCC(=O)O)cc2Br)c1Cl. The van der Waals surface area contributed by atoms with Crippen LogP contribution >= 0.6 is 55.1 Å². The molecule has 0 heterocycles. The second kappa shape index (κ2) is 10.2. The van der Waals surface area contributed by atoms with E-state index in [1.54, 1.807) is 0 Å². The molecule has 0 atom stereocenters. The van der Waals surface area contributed by atoms with Gasteiger partial charge in [0.05, 0.1) is 25.9 Å². The molecule has 2 aromatic rings. The predicted octanol–water partition coefficient (Wildman–Crippen LogP) is 4.28. The fourth-order valence-electron chi connectivity index (χ4n) is 2.26. The van der Waals surface area contributed by atoms with Gasteiger partial charge >= 0.3 is 5.97 Å². The molecule has 2 aromatic carbocycles. The molecule has 13 heteroatoms. The van der Waals surface area contributed by atoms with Gasteiger partial charge in [-0.1, -0.05) is 23.2 Å². The highest BCUT2D eigenvalue weighted by atomic mass is 79.9. The first-order valence-electron chi connectivity index (χ1n) is 7.95. The molecule has 0 unspecified atom stereocenters. The van der Waals surface area contributed by atoms with Gasteiger partial charge in [0.25, 0.3) is 5.91 Å². The third-order valence-electron chi connectivity index (χ3n) is 3.44. The normalized spacial score (nSPS) is 11.1. The van der Waals surface area contributed by atoms with E-state index in [0.29, 0.717) is 20.3 Å². The molecule has 0 spiro atoms. The maximum atomic E-state index is 12.0. The quantitative estimate of drug-likeness (QED) is 0.413. The zero-order chi connectivity index (χ0) is 22.6. The van der Waals surface area contributed by atoms with Gasteiger partial charge in [0.1, 0.15) is 18.9 Å². The predicted molar refractivity (Wildman–Crippen MR) is 121 cm³/mol. The Morgan fingerprint density at radius 2 is 1.73 bits per heavy atom. The highest BCUT2D eigenvalue weighted by Crippen LogP contribution is 2.37. The molecule has 0 radical (unpaired) electrons. The first-order valence-corrected chi connectivity index (χ1v) is 12.2. The van der Waals surface area contributed by atoms with Crippen molar-refractivity contribution in [3.8, 4) is 5.75 Å². The second-order valence-corrected chi connectivity index (χ2v) is 10.2. The standard InChI is InChI=1S/C17H14Br2Cl2N2O6S/c1-30(27,28)23-13-5-10(20)2-9(15(13)21)7-29-16-11(18)3-8(4-12(16)19)17(26)22-6-14(24)25/h2-5,23H,6-7H2,1H3,(H,22,26)(H,24,25). The van der Waals surface area contributed by atoms with Crippen LogP contribution in [-0.4, -0.2) is 38.2 Å². The number of carboxylic acids is 1. The van der Waals surface area contributed by atoms with Crippen LogP contribution in [0.2, 0.25) is 10.0 Å². The minimum atomic E-state index is -3.56. The second-order valence-electron chi connectivity index (χ2n) is 5.93. The Bertz CT molecular complexity index is 1090. The van der Waals surface area contributed by atoms with Crippen molar-refractivity contribution in [3.05, 3.63) is 54.4 Å². The van der Waals surface area contributed by atoms with E-state index in [4.69, 9.17) is 33.0 Å². The van der Waals surface area contributed by atoms with E-state index in [9.17, 15) is 18.0 Å². The summed E-state index contributed by atoms with van der Waals surface area (Å²) in [6.45, 7) is -0.566. The van der Waals surface area contributed by atoms with Gasteiger partial charge < -0.3 is 15.2 Å². The molecule has 0 aliphatic rings. The summed E-state index contributed by atoms with van der Waals surface area (Å²) in [5.74, 6) is -1.39. The van der Waals surface area contributed by atoms with Gasteiger partial charge in [0, 0.05) is 16.1 Å². The fourth-order valence-corrected chi connectivity index (χ4v) is 4.75. The van der Waals surface area contributed by atoms with Crippen molar-refractivity contribution in [3.63, 3.8) is 0 Å². The molecule has 162 valence electrons. The van der Waals surface area contributed by atoms with Gasteiger partial charge in [-0.25, -0.2) is 8.42 Å². The molecule has 3 N–H and O–H groups in total. The number of carbonyl (C=O) groups excluding carboxylic acids is 1. The summed E-state index contributed by atoms with van der Waals surface area (Å²) < 4.78 is 31.9. The number of anilines is 1. The van der Waals surface area contributed by atoms with E-state index >= 15 is 0 Å². The first kappa shape index (κ1) is 24.7. The van der Waals surface area contributed by atoms with E-state index in [1.807, 2.05) is 0 Å². The van der Waals surface area contributed by atoms with Gasteiger partial charge in [-0.3, -0.25) is 14.3 Å². The molecule has 2 rings (SSSR count). The molecule has 0 aromatic heterocycles. The number of hydrogen-bond acceptors (Lipinski definition) is 5. The van der Waals surface area contributed by atoms with E-state index in [-0.39, 0.29) is 27.9 Å². The molecule has 1 amide bonds. The van der Waals surface area contributed by atoms with Crippen LogP contribution in [0.5, 0.6) is 5.75 Å². The number of carboxylic acid groups (broad SMARTS) is 1. The summed E-state index contributed by atoms with van der Waals surface area (Å²) in [4.78, 5) is 22.6. The van der Waals surface area contributed by atoms with Crippen LogP contribution in [0.1, 0.15) is 15.9 Å². The van der Waals surface area contributed by atoms with Crippen LogP contribution in [0.25, 0.3) is 0 Å². The van der Waals surface area contributed by atoms with Crippen LogP contribution < -0.4 is 14.8 Å². The molecular formula is C17H14Br2Cl2N2O6S. The number of rotatable bonds is 8. The Balaban J connectivity index is 2.24. The largest absolute Gasteiger partial charge is 0.486 e. The van der Waals surface area contributed by atoms with Crippen molar-refractivity contribution in [2.45, 2.75) is 6.61 Å². The highest BCUT2D eigenvalue weighted by Gasteiger charge is 2.17. The van der Waals surface area contributed by atoms with Gasteiger partial charge in [0.15, 0.2) is 0 Å². The minimum Gasteiger partial charge on any atom is -0.486 e. The Labute approximate surface area is 199 Å². The van der Waals surface area contributed by atoms with Crippen LogP contribution in [0, 0.1) is 0 Å². The molecule has 0 aliphatic carbocycles. The fraction of sp³-hybridized carbons (Fsp3) is 0.176.